The van der Waals surface area contributed by atoms with Crippen LogP contribution in [-0.2, 0) is 19.1 Å². The summed E-state index contributed by atoms with van der Waals surface area (Å²) in [5, 5.41) is 8.66. The normalized spacial score (nSPS) is 28.2. The molecule has 0 aromatic heterocycles. The summed E-state index contributed by atoms with van der Waals surface area (Å²) in [5.41, 5.74) is 4.46. The maximum atomic E-state index is 10.6. The van der Waals surface area contributed by atoms with Crippen molar-refractivity contribution in [3.05, 3.63) is 11.6 Å². The van der Waals surface area contributed by atoms with Gasteiger partial charge in [-0.05, 0) is 26.3 Å². The molecule has 0 radical (unpaired) electrons. The summed E-state index contributed by atoms with van der Waals surface area (Å²) in [6.45, 7) is 5.80. The Morgan fingerprint density at radius 2 is 2.18 bits per heavy atom. The Morgan fingerprint density at radius 1 is 1.65 bits per heavy atom. The standard InChI is InChI=1S/C10H16O4.CH3NO/c1-4-10(3)13-6-8(14-10)5-7(2)9(11)12;2-1-3/h5,8H,4,6H2,1-3H3,(H,11,12);1H,(H2,2,3). The topological polar surface area (TPSA) is 98.8 Å². The third kappa shape index (κ3) is 5.46. The molecule has 0 aromatic carbocycles. The molecule has 6 nitrogen and oxygen atoms in total. The van der Waals surface area contributed by atoms with Gasteiger partial charge in [-0.1, -0.05) is 6.92 Å². The molecule has 0 aromatic rings. The van der Waals surface area contributed by atoms with E-state index in [2.05, 4.69) is 5.73 Å². The van der Waals surface area contributed by atoms with E-state index in [-0.39, 0.29) is 12.5 Å². The maximum Gasteiger partial charge on any atom is 0.331 e. The monoisotopic (exact) mass is 245 g/mol. The molecule has 2 atom stereocenters. The predicted octanol–water partition coefficient (Wildman–Crippen LogP) is 0.660. The molecule has 1 aliphatic rings. The minimum absolute atomic E-state index is 0.240. The van der Waals surface area contributed by atoms with E-state index in [0.29, 0.717) is 12.2 Å². The molecule has 1 saturated heterocycles. The zero-order valence-electron chi connectivity index (χ0n) is 10.3. The zero-order chi connectivity index (χ0) is 13.5. The van der Waals surface area contributed by atoms with Crippen molar-refractivity contribution in [3.63, 3.8) is 0 Å². The summed E-state index contributed by atoms with van der Waals surface area (Å²) in [5.74, 6) is -1.47. The molecule has 1 rings (SSSR count). The molecule has 1 fully saturated rings. The highest BCUT2D eigenvalue weighted by molar-refractivity contribution is 5.85. The Kier molecular flexibility index (Phi) is 6.45. The SMILES string of the molecule is CCC1(C)OCC(C=C(C)C(=O)O)O1.NC=O. The van der Waals surface area contributed by atoms with Crippen molar-refractivity contribution in [2.24, 2.45) is 5.73 Å². The van der Waals surface area contributed by atoms with E-state index < -0.39 is 11.8 Å². The molecule has 1 aliphatic heterocycles. The van der Waals surface area contributed by atoms with E-state index in [0.717, 1.165) is 6.42 Å². The van der Waals surface area contributed by atoms with Crippen molar-refractivity contribution < 1.29 is 24.2 Å². The van der Waals surface area contributed by atoms with Gasteiger partial charge >= 0.3 is 5.97 Å². The molecule has 6 heteroatoms. The molecule has 2 unspecified atom stereocenters. The Labute approximate surface area is 100 Å². The number of carbonyl (C=O) groups excluding carboxylic acids is 1. The van der Waals surface area contributed by atoms with Gasteiger partial charge in [0, 0.05) is 5.57 Å². The molecule has 1 amide bonds. The molecular formula is C11H19NO5. The van der Waals surface area contributed by atoms with Crippen LogP contribution in [0, 0.1) is 0 Å². The molecule has 98 valence electrons. The highest BCUT2D eigenvalue weighted by Gasteiger charge is 2.34. The molecule has 0 aliphatic carbocycles. The lowest BCUT2D eigenvalue weighted by Crippen LogP contribution is -2.25. The average Bonchev–Trinajstić information content (AvgIpc) is 2.62. The Bertz CT molecular complexity index is 302. The lowest BCUT2D eigenvalue weighted by Gasteiger charge is -2.20. The first-order chi connectivity index (χ1) is 7.88. The number of hydrogen-bond acceptors (Lipinski definition) is 4. The molecule has 17 heavy (non-hydrogen) atoms. The number of amides is 1. The van der Waals surface area contributed by atoms with Crippen LogP contribution in [0.3, 0.4) is 0 Å². The van der Waals surface area contributed by atoms with E-state index >= 15 is 0 Å². The third-order valence-electron chi connectivity index (χ3n) is 2.37. The van der Waals surface area contributed by atoms with Gasteiger partial charge in [-0.15, -0.1) is 0 Å². The lowest BCUT2D eigenvalue weighted by atomic mass is 10.2. The summed E-state index contributed by atoms with van der Waals surface area (Å²) < 4.78 is 11.0. The second-order valence-electron chi connectivity index (χ2n) is 3.75. The van der Waals surface area contributed by atoms with E-state index in [9.17, 15) is 4.79 Å². The number of nitrogens with two attached hydrogens (primary N) is 1. The van der Waals surface area contributed by atoms with Crippen molar-refractivity contribution in [1.29, 1.82) is 0 Å². The summed E-state index contributed by atoms with van der Waals surface area (Å²) >= 11 is 0. The zero-order valence-corrected chi connectivity index (χ0v) is 10.3. The van der Waals surface area contributed by atoms with Gasteiger partial charge in [-0.3, -0.25) is 4.79 Å². The van der Waals surface area contributed by atoms with Crippen LogP contribution in [0.4, 0.5) is 0 Å². The minimum Gasteiger partial charge on any atom is -0.478 e. The second kappa shape index (κ2) is 7.03. The lowest BCUT2D eigenvalue weighted by molar-refractivity contribution is -0.150. The first-order valence-corrected chi connectivity index (χ1v) is 5.27. The van der Waals surface area contributed by atoms with Crippen LogP contribution in [0.2, 0.25) is 0 Å². The van der Waals surface area contributed by atoms with Gasteiger partial charge in [0.15, 0.2) is 5.79 Å². The Morgan fingerprint density at radius 3 is 2.53 bits per heavy atom. The number of aliphatic carboxylic acids is 1. The highest BCUT2D eigenvalue weighted by Crippen LogP contribution is 2.27. The van der Waals surface area contributed by atoms with Gasteiger partial charge < -0.3 is 20.3 Å². The number of carbonyl (C=O) groups is 2. The maximum absolute atomic E-state index is 10.6. The van der Waals surface area contributed by atoms with Crippen molar-refractivity contribution in [2.75, 3.05) is 6.61 Å². The van der Waals surface area contributed by atoms with Gasteiger partial charge in [0.05, 0.1) is 6.61 Å². The van der Waals surface area contributed by atoms with Gasteiger partial charge in [-0.25, -0.2) is 4.79 Å². The molecule has 0 spiro atoms. The molecule has 3 N–H and O–H groups in total. The van der Waals surface area contributed by atoms with Crippen molar-refractivity contribution in [1.82, 2.24) is 0 Å². The van der Waals surface area contributed by atoms with Crippen LogP contribution in [0.25, 0.3) is 0 Å². The smallest absolute Gasteiger partial charge is 0.331 e. The Hall–Kier alpha value is -1.40. The minimum atomic E-state index is -0.918. The number of carboxylic acid groups (broad SMARTS) is 1. The summed E-state index contributed by atoms with van der Waals surface area (Å²) in [6.07, 6.45) is 2.35. The predicted molar refractivity (Wildman–Crippen MR) is 61.2 cm³/mol. The van der Waals surface area contributed by atoms with Gasteiger partial charge in [0.25, 0.3) is 0 Å². The fraction of sp³-hybridized carbons (Fsp3) is 0.636. The van der Waals surface area contributed by atoms with Crippen LogP contribution in [0.5, 0.6) is 0 Å². The van der Waals surface area contributed by atoms with E-state index in [4.69, 9.17) is 19.4 Å². The van der Waals surface area contributed by atoms with Gasteiger partial charge in [0.2, 0.25) is 6.41 Å². The number of carboxylic acids is 1. The molecule has 0 saturated carbocycles. The second-order valence-corrected chi connectivity index (χ2v) is 3.75. The first-order valence-electron chi connectivity index (χ1n) is 5.27. The summed E-state index contributed by atoms with van der Waals surface area (Å²) in [6, 6.07) is 0. The first kappa shape index (κ1) is 15.6. The fourth-order valence-electron chi connectivity index (χ4n) is 1.26. The van der Waals surface area contributed by atoms with E-state index in [1.807, 2.05) is 13.8 Å². The number of rotatable bonds is 3. The number of hydrogen-bond donors (Lipinski definition) is 2. The highest BCUT2D eigenvalue weighted by atomic mass is 16.7. The van der Waals surface area contributed by atoms with Crippen molar-refractivity contribution in [3.8, 4) is 0 Å². The van der Waals surface area contributed by atoms with Crippen LogP contribution >= 0.6 is 0 Å². The number of ether oxygens (including phenoxy) is 2. The van der Waals surface area contributed by atoms with E-state index in [1.54, 1.807) is 13.0 Å². The van der Waals surface area contributed by atoms with Crippen LogP contribution in [0.15, 0.2) is 11.6 Å². The van der Waals surface area contributed by atoms with Gasteiger partial charge in [-0.2, -0.15) is 0 Å². The molecule has 1 heterocycles. The summed E-state index contributed by atoms with van der Waals surface area (Å²) in [7, 11) is 0. The van der Waals surface area contributed by atoms with E-state index in [1.165, 1.54) is 0 Å². The Balaban J connectivity index is 0.000000770. The largest absolute Gasteiger partial charge is 0.478 e. The van der Waals surface area contributed by atoms with Crippen molar-refractivity contribution >= 4 is 12.4 Å². The average molecular weight is 245 g/mol. The van der Waals surface area contributed by atoms with Crippen LogP contribution < -0.4 is 5.73 Å². The number of primary amides is 1. The van der Waals surface area contributed by atoms with Crippen LogP contribution in [0.1, 0.15) is 27.2 Å². The van der Waals surface area contributed by atoms with Gasteiger partial charge in [0.1, 0.15) is 6.10 Å². The molecular weight excluding hydrogens is 226 g/mol. The van der Waals surface area contributed by atoms with Crippen LogP contribution in [-0.4, -0.2) is 36.0 Å². The third-order valence-corrected chi connectivity index (χ3v) is 2.37. The summed E-state index contributed by atoms with van der Waals surface area (Å²) in [4.78, 5) is 19.1. The quantitative estimate of drug-likeness (QED) is 0.562. The fourth-order valence-corrected chi connectivity index (χ4v) is 1.26. The molecule has 0 bridgehead atoms. The van der Waals surface area contributed by atoms with Crippen molar-refractivity contribution in [2.45, 2.75) is 39.1 Å².